The van der Waals surface area contributed by atoms with Crippen molar-refractivity contribution in [1.29, 1.82) is 0 Å². The van der Waals surface area contributed by atoms with Crippen molar-refractivity contribution in [2.45, 2.75) is 46.4 Å². The monoisotopic (exact) mass is 591 g/mol. The van der Waals surface area contributed by atoms with Gasteiger partial charge in [-0.2, -0.15) is 0 Å². The molecule has 1 aromatic carbocycles. The first-order chi connectivity index (χ1) is 18.6. The highest BCUT2D eigenvalue weighted by atomic mass is 79.9. The van der Waals surface area contributed by atoms with Crippen LogP contribution in [0.5, 0.6) is 0 Å². The summed E-state index contributed by atoms with van der Waals surface area (Å²) in [4.78, 5) is 34.0. The SMILES string of the molecule is Cc1cc(CN2CCN(c3c(Br)cnc4nc(-c5ccc(CNC(=O)OC(C)(C)C)cc5)[nH]c34)CC2)ccn1. The van der Waals surface area contributed by atoms with E-state index in [0.717, 1.165) is 71.0 Å². The van der Waals surface area contributed by atoms with Gasteiger partial charge in [-0.1, -0.05) is 24.3 Å². The lowest BCUT2D eigenvalue weighted by Crippen LogP contribution is -2.46. The fourth-order valence-corrected chi connectivity index (χ4v) is 5.28. The average molecular weight is 593 g/mol. The number of amides is 1. The molecule has 0 unspecified atom stereocenters. The molecule has 1 aliphatic heterocycles. The number of pyridine rings is 2. The van der Waals surface area contributed by atoms with Gasteiger partial charge in [-0.15, -0.1) is 0 Å². The van der Waals surface area contributed by atoms with Gasteiger partial charge in [0.1, 0.15) is 16.9 Å². The topological polar surface area (TPSA) is 99.3 Å². The zero-order valence-corrected chi connectivity index (χ0v) is 24.4. The minimum absolute atomic E-state index is 0.390. The number of aromatic amines is 1. The molecule has 1 fully saturated rings. The minimum atomic E-state index is -0.524. The number of aryl methyl sites for hydroxylation is 1. The minimum Gasteiger partial charge on any atom is -0.444 e. The molecule has 0 spiro atoms. The van der Waals surface area contributed by atoms with Crippen molar-refractivity contribution in [3.8, 4) is 11.4 Å². The number of alkyl carbamates (subject to hydrolysis) is 1. The Kier molecular flexibility index (Phi) is 7.86. The molecule has 39 heavy (non-hydrogen) atoms. The second-order valence-corrected chi connectivity index (χ2v) is 11.7. The number of anilines is 1. The van der Waals surface area contributed by atoms with E-state index in [1.807, 2.05) is 64.4 Å². The Morgan fingerprint density at radius 2 is 1.82 bits per heavy atom. The van der Waals surface area contributed by atoms with Crippen LogP contribution < -0.4 is 10.2 Å². The van der Waals surface area contributed by atoms with E-state index in [9.17, 15) is 4.79 Å². The normalized spacial score (nSPS) is 14.5. The maximum atomic E-state index is 12.0. The highest BCUT2D eigenvalue weighted by Crippen LogP contribution is 2.34. The van der Waals surface area contributed by atoms with Gasteiger partial charge in [0.2, 0.25) is 0 Å². The fraction of sp³-hybridized carbons (Fsp3) is 0.379. The highest BCUT2D eigenvalue weighted by Gasteiger charge is 2.23. The first kappa shape index (κ1) is 27.1. The maximum Gasteiger partial charge on any atom is 0.407 e. The third kappa shape index (κ3) is 6.75. The number of carbonyl (C=O) groups is 1. The van der Waals surface area contributed by atoms with Gasteiger partial charge in [-0.05, 0) is 66.9 Å². The smallest absolute Gasteiger partial charge is 0.407 e. The van der Waals surface area contributed by atoms with Crippen LogP contribution in [0.25, 0.3) is 22.6 Å². The van der Waals surface area contributed by atoms with Crippen molar-refractivity contribution in [2.75, 3.05) is 31.1 Å². The molecule has 9 nitrogen and oxygen atoms in total. The number of halogens is 1. The van der Waals surface area contributed by atoms with Crippen LogP contribution in [0.2, 0.25) is 0 Å². The number of benzene rings is 1. The molecule has 4 heterocycles. The van der Waals surface area contributed by atoms with E-state index in [-0.39, 0.29) is 0 Å². The van der Waals surface area contributed by atoms with Crippen molar-refractivity contribution in [1.82, 2.24) is 30.2 Å². The van der Waals surface area contributed by atoms with Crippen LogP contribution in [-0.2, 0) is 17.8 Å². The van der Waals surface area contributed by atoms with E-state index in [1.165, 1.54) is 5.56 Å². The predicted molar refractivity (Wildman–Crippen MR) is 157 cm³/mol. The molecule has 1 saturated heterocycles. The van der Waals surface area contributed by atoms with Gasteiger partial charge in [0.15, 0.2) is 5.65 Å². The van der Waals surface area contributed by atoms with Crippen molar-refractivity contribution in [3.63, 3.8) is 0 Å². The number of H-pyrrole nitrogens is 1. The van der Waals surface area contributed by atoms with Crippen LogP contribution in [-0.4, -0.2) is 62.7 Å². The zero-order chi connectivity index (χ0) is 27.6. The summed E-state index contributed by atoms with van der Waals surface area (Å²) < 4.78 is 6.26. The van der Waals surface area contributed by atoms with Gasteiger partial charge >= 0.3 is 6.09 Å². The molecule has 204 valence electrons. The van der Waals surface area contributed by atoms with Crippen molar-refractivity contribution >= 4 is 38.9 Å². The number of nitrogens with zero attached hydrogens (tertiary/aromatic N) is 5. The molecular weight excluding hydrogens is 558 g/mol. The van der Waals surface area contributed by atoms with Gasteiger partial charge in [0, 0.05) is 62.9 Å². The Balaban J connectivity index is 1.27. The van der Waals surface area contributed by atoms with Crippen LogP contribution in [0, 0.1) is 6.92 Å². The molecule has 0 atom stereocenters. The summed E-state index contributed by atoms with van der Waals surface area (Å²) >= 11 is 3.73. The summed E-state index contributed by atoms with van der Waals surface area (Å²) in [6.45, 7) is 12.7. The van der Waals surface area contributed by atoms with Crippen molar-refractivity contribution in [3.05, 3.63) is 70.1 Å². The second kappa shape index (κ2) is 11.3. The van der Waals surface area contributed by atoms with Gasteiger partial charge in [-0.25, -0.2) is 14.8 Å². The molecule has 0 saturated carbocycles. The van der Waals surface area contributed by atoms with Gasteiger partial charge in [0.05, 0.1) is 10.2 Å². The molecular formula is C29H34BrN7O2. The van der Waals surface area contributed by atoms with Crippen LogP contribution >= 0.6 is 15.9 Å². The van der Waals surface area contributed by atoms with E-state index < -0.39 is 11.7 Å². The molecule has 5 rings (SSSR count). The van der Waals surface area contributed by atoms with Crippen molar-refractivity contribution in [2.24, 2.45) is 0 Å². The molecule has 1 aliphatic rings. The number of fused-ring (bicyclic) bond motifs is 1. The summed E-state index contributed by atoms with van der Waals surface area (Å²) in [7, 11) is 0. The van der Waals surface area contributed by atoms with Crippen molar-refractivity contribution < 1.29 is 9.53 Å². The number of ether oxygens (including phenoxy) is 1. The first-order valence-electron chi connectivity index (χ1n) is 13.1. The Bertz CT molecular complexity index is 1460. The number of carbonyl (C=O) groups excluding carboxylic acids is 1. The summed E-state index contributed by atoms with van der Waals surface area (Å²) in [6, 6.07) is 12.2. The van der Waals surface area contributed by atoms with E-state index in [2.05, 4.69) is 58.1 Å². The quantitative estimate of drug-likeness (QED) is 0.308. The Hall–Kier alpha value is -3.50. The summed E-state index contributed by atoms with van der Waals surface area (Å²) in [5.74, 6) is 0.759. The lowest BCUT2D eigenvalue weighted by atomic mass is 10.1. The standard InChI is InChI=1S/C29H34BrN7O2/c1-19-15-21(9-10-31-19)18-36-11-13-37(14-12-36)25-23(30)17-32-27-24(25)34-26(35-27)22-7-5-20(6-8-22)16-33-28(38)39-29(2,3)4/h5-10,15,17H,11-14,16,18H2,1-4H3,(H,33,38)(H,32,34,35). The zero-order valence-electron chi connectivity index (χ0n) is 22.8. The Morgan fingerprint density at radius 1 is 1.08 bits per heavy atom. The number of nitrogens with one attached hydrogen (secondary N) is 2. The van der Waals surface area contributed by atoms with Gasteiger partial charge in [-0.3, -0.25) is 9.88 Å². The largest absolute Gasteiger partial charge is 0.444 e. The predicted octanol–water partition coefficient (Wildman–Crippen LogP) is 5.44. The summed E-state index contributed by atoms with van der Waals surface area (Å²) in [5, 5.41) is 2.79. The number of rotatable bonds is 6. The third-order valence-electron chi connectivity index (χ3n) is 6.57. The average Bonchev–Trinajstić information content (AvgIpc) is 3.32. The summed E-state index contributed by atoms with van der Waals surface area (Å²) in [6.07, 6.45) is 3.29. The van der Waals surface area contributed by atoms with E-state index in [4.69, 9.17) is 9.72 Å². The number of hydrogen-bond acceptors (Lipinski definition) is 7. The molecule has 0 aliphatic carbocycles. The lowest BCUT2D eigenvalue weighted by molar-refractivity contribution is 0.0523. The van der Waals surface area contributed by atoms with Crippen LogP contribution in [0.1, 0.15) is 37.6 Å². The third-order valence-corrected chi connectivity index (χ3v) is 7.15. The Morgan fingerprint density at radius 3 is 2.51 bits per heavy atom. The van der Waals surface area contributed by atoms with E-state index in [1.54, 1.807) is 0 Å². The fourth-order valence-electron chi connectivity index (χ4n) is 4.73. The van der Waals surface area contributed by atoms with Crippen LogP contribution in [0.4, 0.5) is 10.5 Å². The highest BCUT2D eigenvalue weighted by molar-refractivity contribution is 9.10. The number of aromatic nitrogens is 4. The first-order valence-corrected chi connectivity index (χ1v) is 13.9. The maximum absolute atomic E-state index is 12.0. The molecule has 2 N–H and O–H groups in total. The molecule has 3 aromatic heterocycles. The number of imidazole rings is 1. The Labute approximate surface area is 237 Å². The van der Waals surface area contributed by atoms with Crippen LogP contribution in [0.15, 0.2) is 53.3 Å². The summed E-state index contributed by atoms with van der Waals surface area (Å²) in [5.41, 5.74) is 6.46. The molecule has 0 bridgehead atoms. The van der Waals surface area contributed by atoms with Gasteiger partial charge < -0.3 is 19.9 Å². The number of hydrogen-bond donors (Lipinski definition) is 2. The molecule has 0 radical (unpaired) electrons. The molecule has 1 amide bonds. The van der Waals surface area contributed by atoms with E-state index in [0.29, 0.717) is 12.2 Å². The molecule has 10 heteroatoms. The lowest BCUT2D eigenvalue weighted by Gasteiger charge is -2.36. The molecule has 4 aromatic rings. The number of piperazine rings is 1. The second-order valence-electron chi connectivity index (χ2n) is 10.9. The van der Waals surface area contributed by atoms with Crippen LogP contribution in [0.3, 0.4) is 0 Å². The van der Waals surface area contributed by atoms with E-state index >= 15 is 0 Å². The van der Waals surface area contributed by atoms with Gasteiger partial charge in [0.25, 0.3) is 0 Å².